The van der Waals surface area contributed by atoms with Gasteiger partial charge in [-0.1, -0.05) is 30.3 Å². The number of aromatic nitrogens is 1. The molecule has 0 unspecified atom stereocenters. The summed E-state index contributed by atoms with van der Waals surface area (Å²) >= 11 is 5.33. The van der Waals surface area contributed by atoms with Crippen molar-refractivity contribution < 1.29 is 12.8 Å². The first-order chi connectivity index (χ1) is 12.3. The molecule has 0 bridgehead atoms. The lowest BCUT2D eigenvalue weighted by atomic mass is 10.2. The maximum absolute atomic E-state index is 12.4. The number of sulfonamides is 1. The predicted octanol–water partition coefficient (Wildman–Crippen LogP) is 3.30. The van der Waals surface area contributed by atoms with Gasteiger partial charge in [0.2, 0.25) is 10.0 Å². The average Bonchev–Trinajstić information content (AvgIpc) is 2.90. The van der Waals surface area contributed by atoms with Gasteiger partial charge in [0.1, 0.15) is 0 Å². The van der Waals surface area contributed by atoms with Crippen molar-refractivity contribution in [3.63, 3.8) is 0 Å². The largest absolute Gasteiger partial charge is 0.429 e. The first kappa shape index (κ1) is 18.8. The Morgan fingerprint density at radius 1 is 1.08 bits per heavy atom. The molecule has 138 valence electrons. The molecule has 6 nitrogen and oxygen atoms in total. The number of rotatable bonds is 6. The van der Waals surface area contributed by atoms with Crippen LogP contribution < -0.4 is 0 Å². The van der Waals surface area contributed by atoms with Crippen molar-refractivity contribution in [2.75, 3.05) is 21.1 Å². The van der Waals surface area contributed by atoms with Gasteiger partial charge in [-0.25, -0.2) is 12.7 Å². The molecule has 8 heteroatoms. The zero-order valence-corrected chi connectivity index (χ0v) is 16.5. The van der Waals surface area contributed by atoms with E-state index in [1.54, 1.807) is 12.1 Å². The Hall–Kier alpha value is -2.00. The van der Waals surface area contributed by atoms with E-state index in [0.29, 0.717) is 22.6 Å². The highest BCUT2D eigenvalue weighted by Gasteiger charge is 2.19. The highest BCUT2D eigenvalue weighted by molar-refractivity contribution is 7.89. The number of hydrogen-bond acceptors (Lipinski definition) is 5. The molecule has 0 aliphatic heterocycles. The summed E-state index contributed by atoms with van der Waals surface area (Å²) in [6.45, 7) is 1.23. The second kappa shape index (κ2) is 7.32. The summed E-state index contributed by atoms with van der Waals surface area (Å²) in [4.78, 5) is 2.62. The van der Waals surface area contributed by atoms with Crippen LogP contribution in [-0.4, -0.2) is 43.3 Å². The summed E-state index contributed by atoms with van der Waals surface area (Å²) in [5.41, 5.74) is 2.42. The Balaban J connectivity index is 1.95. The van der Waals surface area contributed by atoms with E-state index in [4.69, 9.17) is 16.6 Å². The Morgan fingerprint density at radius 2 is 1.77 bits per heavy atom. The van der Waals surface area contributed by atoms with Crippen LogP contribution in [0.15, 0.2) is 57.8 Å². The fourth-order valence-corrected chi connectivity index (χ4v) is 3.90. The molecule has 1 aromatic heterocycles. The summed E-state index contributed by atoms with van der Waals surface area (Å²) < 4.78 is 33.4. The number of nitrogens with zero attached hydrogens (tertiary/aromatic N) is 3. The van der Waals surface area contributed by atoms with Crippen LogP contribution in [0.2, 0.25) is 0 Å². The predicted molar refractivity (Wildman–Crippen MR) is 104 cm³/mol. The second-order valence-corrected chi connectivity index (χ2v) is 8.86. The fourth-order valence-electron chi connectivity index (χ4n) is 2.73. The molecule has 0 saturated heterocycles. The van der Waals surface area contributed by atoms with Crippen molar-refractivity contribution in [3.8, 4) is 0 Å². The average molecular weight is 392 g/mol. The van der Waals surface area contributed by atoms with Crippen molar-refractivity contribution in [1.82, 2.24) is 13.8 Å². The summed E-state index contributed by atoms with van der Waals surface area (Å²) in [6.07, 6.45) is 0. The van der Waals surface area contributed by atoms with Crippen molar-refractivity contribution >= 4 is 33.3 Å². The zero-order valence-electron chi connectivity index (χ0n) is 14.9. The molecule has 2 aromatic carbocycles. The maximum atomic E-state index is 12.4. The van der Waals surface area contributed by atoms with Crippen molar-refractivity contribution in [2.24, 2.45) is 0 Å². The number of fused-ring (bicyclic) bond motifs is 1. The quantitative estimate of drug-likeness (QED) is 0.604. The molecule has 0 atom stereocenters. The van der Waals surface area contributed by atoms with Crippen LogP contribution in [0, 0.1) is 4.84 Å². The molecule has 0 radical (unpaired) electrons. The third kappa shape index (κ3) is 3.73. The van der Waals surface area contributed by atoms with Gasteiger partial charge >= 0.3 is 0 Å². The van der Waals surface area contributed by atoms with Crippen LogP contribution in [0.3, 0.4) is 0 Å². The topological polar surface area (TPSA) is 58.7 Å². The Morgan fingerprint density at radius 3 is 2.42 bits per heavy atom. The Kier molecular flexibility index (Phi) is 5.29. The smallest absolute Gasteiger partial charge is 0.270 e. The zero-order chi connectivity index (χ0) is 18.9. The molecule has 0 saturated carbocycles. The molecule has 3 aromatic rings. The lowest BCUT2D eigenvalue weighted by Gasteiger charge is -2.18. The molecule has 3 rings (SSSR count). The summed E-state index contributed by atoms with van der Waals surface area (Å²) in [7, 11) is 1.48. The lowest BCUT2D eigenvalue weighted by Crippen LogP contribution is -2.23. The monoisotopic (exact) mass is 391 g/mol. The van der Waals surface area contributed by atoms with Gasteiger partial charge in [0.15, 0.2) is 5.58 Å². The molecule has 0 fully saturated rings. The van der Waals surface area contributed by atoms with E-state index < -0.39 is 10.0 Å². The van der Waals surface area contributed by atoms with Crippen LogP contribution >= 0.6 is 12.2 Å². The van der Waals surface area contributed by atoms with E-state index in [2.05, 4.69) is 17.0 Å². The van der Waals surface area contributed by atoms with E-state index >= 15 is 0 Å². The Bertz CT molecular complexity index is 1070. The van der Waals surface area contributed by atoms with Gasteiger partial charge in [0.25, 0.3) is 4.84 Å². The minimum atomic E-state index is -3.52. The van der Waals surface area contributed by atoms with Gasteiger partial charge in [-0.05, 0) is 43.0 Å². The minimum absolute atomic E-state index is 0.213. The molecule has 0 N–H and O–H groups in total. The standard InChI is InChI=1S/C18H21N3O3S2/c1-19(2)26(22,23)15-9-10-17-16(11-15)21(18(25)24-17)13-20(3)12-14-7-5-4-6-8-14/h4-11H,12-13H2,1-3H3. The second-order valence-electron chi connectivity index (χ2n) is 6.35. The van der Waals surface area contributed by atoms with Gasteiger partial charge in [-0.2, -0.15) is 0 Å². The van der Waals surface area contributed by atoms with E-state index in [1.165, 1.54) is 30.0 Å². The van der Waals surface area contributed by atoms with Crippen LogP contribution in [0.5, 0.6) is 0 Å². The van der Waals surface area contributed by atoms with Gasteiger partial charge in [-0.3, -0.25) is 9.47 Å². The van der Waals surface area contributed by atoms with Gasteiger partial charge < -0.3 is 4.42 Å². The molecular weight excluding hydrogens is 370 g/mol. The van der Waals surface area contributed by atoms with Crippen molar-refractivity contribution in [2.45, 2.75) is 18.1 Å². The third-order valence-electron chi connectivity index (χ3n) is 4.10. The third-order valence-corrected chi connectivity index (χ3v) is 6.21. The van der Waals surface area contributed by atoms with Crippen LogP contribution in [-0.2, 0) is 23.2 Å². The minimum Gasteiger partial charge on any atom is -0.429 e. The maximum Gasteiger partial charge on any atom is 0.270 e. The van der Waals surface area contributed by atoms with Crippen molar-refractivity contribution in [1.29, 1.82) is 0 Å². The summed E-state index contributed by atoms with van der Waals surface area (Å²) in [6, 6.07) is 14.9. The molecule has 0 amide bonds. The summed E-state index contributed by atoms with van der Waals surface area (Å²) in [5, 5.41) is 0. The number of hydrogen-bond donors (Lipinski definition) is 0. The SMILES string of the molecule is CN(Cc1ccccc1)Cn1c(=S)oc2ccc(S(=O)(=O)N(C)C)cc21. The highest BCUT2D eigenvalue weighted by atomic mass is 32.2. The van der Waals surface area contributed by atoms with Gasteiger partial charge in [-0.15, -0.1) is 0 Å². The molecule has 0 aliphatic rings. The molecule has 1 heterocycles. The van der Waals surface area contributed by atoms with E-state index in [0.717, 1.165) is 6.54 Å². The normalized spacial score (nSPS) is 12.3. The lowest BCUT2D eigenvalue weighted by molar-refractivity contribution is 0.257. The van der Waals surface area contributed by atoms with Crippen LogP contribution in [0.25, 0.3) is 11.1 Å². The van der Waals surface area contributed by atoms with E-state index in [9.17, 15) is 8.42 Å². The number of oxazole rings is 1. The first-order valence-corrected chi connectivity index (χ1v) is 9.92. The van der Waals surface area contributed by atoms with Gasteiger partial charge in [0.05, 0.1) is 17.1 Å². The van der Waals surface area contributed by atoms with Crippen LogP contribution in [0.4, 0.5) is 0 Å². The fraction of sp³-hybridized carbons (Fsp3) is 0.278. The summed E-state index contributed by atoms with van der Waals surface area (Å²) in [5.74, 6) is 0. The van der Waals surface area contributed by atoms with E-state index in [1.807, 2.05) is 29.8 Å². The van der Waals surface area contributed by atoms with Gasteiger partial charge in [0, 0.05) is 20.6 Å². The Labute approximate surface area is 158 Å². The molecule has 26 heavy (non-hydrogen) atoms. The molecular formula is C18H21N3O3S2. The first-order valence-electron chi connectivity index (χ1n) is 8.07. The van der Waals surface area contributed by atoms with Crippen molar-refractivity contribution in [3.05, 3.63) is 58.9 Å². The van der Waals surface area contributed by atoms with Crippen LogP contribution in [0.1, 0.15) is 5.56 Å². The molecule has 0 aliphatic carbocycles. The highest BCUT2D eigenvalue weighted by Crippen LogP contribution is 2.23. The number of benzene rings is 2. The molecule has 0 spiro atoms. The van der Waals surface area contributed by atoms with E-state index in [-0.39, 0.29) is 4.90 Å².